The van der Waals surface area contributed by atoms with Crippen LogP contribution in [0.3, 0.4) is 0 Å². The molecule has 0 bridgehead atoms. The second kappa shape index (κ2) is 5.85. The van der Waals surface area contributed by atoms with Crippen LogP contribution in [0.1, 0.15) is 39.0 Å². The van der Waals surface area contributed by atoms with Gasteiger partial charge in [-0.3, -0.25) is 4.99 Å². The molecule has 0 aromatic heterocycles. The van der Waals surface area contributed by atoms with Crippen LogP contribution in [-0.4, -0.2) is 48.9 Å². The highest BCUT2D eigenvalue weighted by Crippen LogP contribution is 2.38. The number of ether oxygens (including phenoxy) is 2. The zero-order chi connectivity index (χ0) is 14.1. The van der Waals surface area contributed by atoms with Gasteiger partial charge >= 0.3 is 0 Å². The van der Waals surface area contributed by atoms with Gasteiger partial charge in [0.2, 0.25) is 0 Å². The van der Waals surface area contributed by atoms with Gasteiger partial charge in [0.15, 0.2) is 5.17 Å². The summed E-state index contributed by atoms with van der Waals surface area (Å²) in [7, 11) is 1.77. The van der Waals surface area contributed by atoms with Crippen molar-refractivity contribution in [1.29, 1.82) is 0 Å². The molecule has 1 aliphatic carbocycles. The van der Waals surface area contributed by atoms with Gasteiger partial charge in [0.05, 0.1) is 13.2 Å². The molecule has 0 radical (unpaired) electrons. The van der Waals surface area contributed by atoms with Crippen LogP contribution >= 0.6 is 11.8 Å². The van der Waals surface area contributed by atoms with Gasteiger partial charge in [0.25, 0.3) is 0 Å². The first kappa shape index (κ1) is 14.7. The van der Waals surface area contributed by atoms with Gasteiger partial charge in [-0.15, -0.1) is 0 Å². The Morgan fingerprint density at radius 3 is 3.10 bits per heavy atom. The molecule has 3 atom stereocenters. The molecule has 0 aromatic carbocycles. The summed E-state index contributed by atoms with van der Waals surface area (Å²) in [4.78, 5) is 4.79. The lowest BCUT2D eigenvalue weighted by atomic mass is 9.78. The van der Waals surface area contributed by atoms with Crippen molar-refractivity contribution >= 4 is 16.9 Å². The number of thioether (sulfide) groups is 1. The van der Waals surface area contributed by atoms with Gasteiger partial charge in [-0.1, -0.05) is 31.5 Å². The Balaban J connectivity index is 1.60. The van der Waals surface area contributed by atoms with Crippen LogP contribution in [0, 0.1) is 5.92 Å². The summed E-state index contributed by atoms with van der Waals surface area (Å²) in [5, 5.41) is 4.83. The van der Waals surface area contributed by atoms with E-state index in [-0.39, 0.29) is 5.60 Å². The van der Waals surface area contributed by atoms with Crippen molar-refractivity contribution in [3.63, 3.8) is 0 Å². The highest BCUT2D eigenvalue weighted by Gasteiger charge is 2.41. The fourth-order valence-electron chi connectivity index (χ4n) is 3.65. The highest BCUT2D eigenvalue weighted by molar-refractivity contribution is 8.14. The molecule has 4 nitrogen and oxygen atoms in total. The topological polar surface area (TPSA) is 42.8 Å². The largest absolute Gasteiger partial charge is 0.378 e. The molecule has 0 aromatic rings. The Bertz CT molecular complexity index is 382. The molecule has 3 aliphatic rings. The van der Waals surface area contributed by atoms with Gasteiger partial charge in [0, 0.05) is 31.4 Å². The number of hydrogen-bond donors (Lipinski definition) is 1. The Morgan fingerprint density at radius 1 is 1.50 bits per heavy atom. The zero-order valence-electron chi connectivity index (χ0n) is 12.6. The van der Waals surface area contributed by atoms with Crippen LogP contribution in [-0.2, 0) is 9.47 Å². The molecule has 1 N–H and O–H groups in total. The number of aliphatic imine (C=N–C) groups is 1. The van der Waals surface area contributed by atoms with E-state index >= 15 is 0 Å². The average molecular weight is 298 g/mol. The van der Waals surface area contributed by atoms with Crippen molar-refractivity contribution in [2.75, 3.05) is 32.6 Å². The third-order valence-electron chi connectivity index (χ3n) is 4.96. The molecule has 20 heavy (non-hydrogen) atoms. The van der Waals surface area contributed by atoms with Crippen LogP contribution in [0.25, 0.3) is 0 Å². The van der Waals surface area contributed by atoms with E-state index in [9.17, 15) is 0 Å². The van der Waals surface area contributed by atoms with E-state index in [1.165, 1.54) is 31.4 Å². The van der Waals surface area contributed by atoms with Gasteiger partial charge in [0.1, 0.15) is 5.60 Å². The molecule has 0 amide bonds. The summed E-state index contributed by atoms with van der Waals surface area (Å²) >= 11 is 1.88. The van der Waals surface area contributed by atoms with Crippen LogP contribution in [0.4, 0.5) is 0 Å². The van der Waals surface area contributed by atoms with Crippen LogP contribution in [0.15, 0.2) is 4.99 Å². The Hall–Kier alpha value is -0.260. The van der Waals surface area contributed by atoms with Crippen molar-refractivity contribution in [1.82, 2.24) is 5.32 Å². The lowest BCUT2D eigenvalue weighted by Crippen LogP contribution is -2.47. The quantitative estimate of drug-likeness (QED) is 0.869. The second-order valence-electron chi connectivity index (χ2n) is 6.71. The number of hydrogen-bond acceptors (Lipinski definition) is 4. The number of methoxy groups -OCH3 is 1. The van der Waals surface area contributed by atoms with E-state index in [2.05, 4.69) is 12.2 Å². The minimum atomic E-state index is -0.190. The van der Waals surface area contributed by atoms with E-state index in [4.69, 9.17) is 14.5 Å². The first-order valence-electron chi connectivity index (χ1n) is 7.74. The maximum Gasteiger partial charge on any atom is 0.157 e. The first-order valence-corrected chi connectivity index (χ1v) is 8.72. The van der Waals surface area contributed by atoms with Crippen molar-refractivity contribution in [2.24, 2.45) is 10.9 Å². The number of amidine groups is 1. The molecule has 1 saturated carbocycles. The van der Waals surface area contributed by atoms with E-state index in [1.54, 1.807) is 7.11 Å². The Morgan fingerprint density at radius 2 is 2.40 bits per heavy atom. The van der Waals surface area contributed by atoms with Crippen molar-refractivity contribution in [3.8, 4) is 0 Å². The number of nitrogens with zero attached hydrogens (tertiary/aromatic N) is 1. The lowest BCUT2D eigenvalue weighted by Gasteiger charge is -2.36. The van der Waals surface area contributed by atoms with E-state index < -0.39 is 0 Å². The van der Waals surface area contributed by atoms with Gasteiger partial charge in [-0.05, 0) is 18.8 Å². The molecule has 1 spiro atoms. The van der Waals surface area contributed by atoms with Gasteiger partial charge in [-0.25, -0.2) is 0 Å². The molecule has 3 unspecified atom stereocenters. The number of rotatable bonds is 3. The molecular weight excluding hydrogens is 272 g/mol. The maximum atomic E-state index is 5.64. The maximum absolute atomic E-state index is 5.64. The minimum absolute atomic E-state index is 0.190. The van der Waals surface area contributed by atoms with E-state index in [0.29, 0.717) is 18.7 Å². The smallest absolute Gasteiger partial charge is 0.157 e. The summed E-state index contributed by atoms with van der Waals surface area (Å²) in [6, 6.07) is 0. The molecule has 2 aliphatic heterocycles. The molecule has 3 rings (SSSR count). The number of nitrogens with one attached hydrogen (secondary N) is 1. The molecule has 2 heterocycles. The van der Waals surface area contributed by atoms with Gasteiger partial charge in [-0.2, -0.15) is 0 Å². The first-order chi connectivity index (χ1) is 9.65. The summed E-state index contributed by atoms with van der Waals surface area (Å²) in [5.41, 5.74) is 0.123. The Labute approximate surface area is 126 Å². The Kier molecular flexibility index (Phi) is 4.29. The highest BCUT2D eigenvalue weighted by atomic mass is 32.2. The second-order valence-corrected chi connectivity index (χ2v) is 7.67. The van der Waals surface area contributed by atoms with Crippen molar-refractivity contribution < 1.29 is 9.47 Å². The normalized spacial score (nSPS) is 43.3. The summed E-state index contributed by atoms with van der Waals surface area (Å²) in [6.07, 6.45) is 6.26. The fraction of sp³-hybridized carbons (Fsp3) is 0.933. The van der Waals surface area contributed by atoms with E-state index in [0.717, 1.165) is 24.1 Å². The monoisotopic (exact) mass is 298 g/mol. The van der Waals surface area contributed by atoms with E-state index in [1.807, 2.05) is 11.8 Å². The predicted octanol–water partition coefficient (Wildman–Crippen LogP) is 2.43. The summed E-state index contributed by atoms with van der Waals surface area (Å²) in [5.74, 6) is 2.01. The minimum Gasteiger partial charge on any atom is -0.378 e. The standard InChI is InChI=1S/C15H26N2O2S/c1-12-4-3-5-14(8-12)11-20-13(17-14)16-9-15(18-2)6-7-19-10-15/h12H,3-11H2,1-2H3,(H,16,17). The van der Waals surface area contributed by atoms with Crippen LogP contribution < -0.4 is 5.32 Å². The van der Waals surface area contributed by atoms with Crippen LogP contribution in [0.5, 0.6) is 0 Å². The predicted molar refractivity (Wildman–Crippen MR) is 83.4 cm³/mol. The summed E-state index contributed by atoms with van der Waals surface area (Å²) in [6.45, 7) is 4.55. The van der Waals surface area contributed by atoms with Crippen molar-refractivity contribution in [2.45, 2.75) is 50.2 Å². The average Bonchev–Trinajstić information content (AvgIpc) is 3.05. The molecule has 114 valence electrons. The SMILES string of the molecule is COC1(CN=C2NC3(CCCC(C)C3)CS2)CCOC1. The molecular formula is C15H26N2O2S. The fourth-order valence-corrected chi connectivity index (χ4v) is 4.84. The lowest BCUT2D eigenvalue weighted by molar-refractivity contribution is -0.00900. The third-order valence-corrected chi connectivity index (χ3v) is 6.16. The summed E-state index contributed by atoms with van der Waals surface area (Å²) < 4.78 is 11.1. The third kappa shape index (κ3) is 3.00. The molecule has 2 saturated heterocycles. The van der Waals surface area contributed by atoms with Crippen LogP contribution in [0.2, 0.25) is 0 Å². The molecule has 3 fully saturated rings. The zero-order valence-corrected chi connectivity index (χ0v) is 13.4. The van der Waals surface area contributed by atoms with Crippen molar-refractivity contribution in [3.05, 3.63) is 0 Å². The molecule has 5 heteroatoms. The van der Waals surface area contributed by atoms with Gasteiger partial charge < -0.3 is 14.8 Å².